The summed E-state index contributed by atoms with van der Waals surface area (Å²) in [6, 6.07) is 9.43. The van der Waals surface area contributed by atoms with Gasteiger partial charge in [0.25, 0.3) is 0 Å². The fourth-order valence-corrected chi connectivity index (χ4v) is 1.92. The molecule has 0 fully saturated rings. The third kappa shape index (κ3) is 3.43. The average Bonchev–Trinajstić information content (AvgIpc) is 2.94. The van der Waals surface area contributed by atoms with Crippen molar-refractivity contribution in [1.82, 2.24) is 10.1 Å². The van der Waals surface area contributed by atoms with Crippen molar-refractivity contribution in [2.45, 2.75) is 32.8 Å². The molecule has 0 bridgehead atoms. The fourth-order valence-electron chi connectivity index (χ4n) is 1.92. The molecule has 0 spiro atoms. The molecule has 5 heteroatoms. The number of hydrogen-bond acceptors (Lipinski definition) is 5. The Balaban J connectivity index is 2.06. The van der Waals surface area contributed by atoms with E-state index in [1.54, 1.807) is 12.1 Å². The van der Waals surface area contributed by atoms with Crippen molar-refractivity contribution in [1.29, 1.82) is 5.26 Å². The van der Waals surface area contributed by atoms with Gasteiger partial charge in [-0.05, 0) is 31.0 Å². The number of hydrogen-bond donors (Lipinski definition) is 0. The third-order valence-electron chi connectivity index (χ3n) is 2.95. The minimum atomic E-state index is -0.113. The van der Waals surface area contributed by atoms with Crippen molar-refractivity contribution >= 4 is 0 Å². The van der Waals surface area contributed by atoms with E-state index in [0.29, 0.717) is 30.3 Å². The maximum absolute atomic E-state index is 8.76. The van der Waals surface area contributed by atoms with E-state index in [9.17, 15) is 0 Å². The van der Waals surface area contributed by atoms with Gasteiger partial charge >= 0.3 is 0 Å². The molecule has 1 aromatic carbocycles. The second-order valence-corrected chi connectivity index (χ2v) is 4.38. The van der Waals surface area contributed by atoms with Crippen molar-refractivity contribution in [3.05, 3.63) is 47.1 Å². The number of nitrogens with zero attached hydrogens (tertiary/aromatic N) is 3. The molecule has 0 N–H and O–H groups in total. The zero-order chi connectivity index (χ0) is 14.4. The summed E-state index contributed by atoms with van der Waals surface area (Å²) < 4.78 is 10.8. The molecule has 0 aliphatic heterocycles. The van der Waals surface area contributed by atoms with Gasteiger partial charge in [-0.25, -0.2) is 0 Å². The predicted octanol–water partition coefficient (Wildman–Crippen LogP) is 3.02. The second kappa shape index (κ2) is 6.83. The highest BCUT2D eigenvalue weighted by Crippen LogP contribution is 2.18. The van der Waals surface area contributed by atoms with Gasteiger partial charge in [-0.1, -0.05) is 24.2 Å². The highest BCUT2D eigenvalue weighted by atomic mass is 16.5. The Morgan fingerprint density at radius 2 is 2.05 bits per heavy atom. The minimum Gasteiger partial charge on any atom is -0.370 e. The number of rotatable bonds is 6. The Morgan fingerprint density at radius 3 is 2.65 bits per heavy atom. The molecule has 2 rings (SSSR count). The first-order chi connectivity index (χ1) is 9.76. The summed E-state index contributed by atoms with van der Waals surface area (Å²) in [7, 11) is 0. The number of nitriles is 1. The van der Waals surface area contributed by atoms with E-state index in [-0.39, 0.29) is 6.10 Å². The number of aromatic nitrogens is 2. The smallest absolute Gasteiger partial charge is 0.231 e. The molecule has 20 heavy (non-hydrogen) atoms. The molecule has 1 atom stereocenters. The van der Waals surface area contributed by atoms with Gasteiger partial charge in [-0.3, -0.25) is 0 Å². The molecule has 0 aliphatic rings. The van der Waals surface area contributed by atoms with Gasteiger partial charge in [-0.2, -0.15) is 10.2 Å². The van der Waals surface area contributed by atoms with Crippen molar-refractivity contribution in [2.75, 3.05) is 6.61 Å². The van der Waals surface area contributed by atoms with Crippen LogP contribution in [0.2, 0.25) is 0 Å². The van der Waals surface area contributed by atoms with Crippen LogP contribution in [0, 0.1) is 11.3 Å². The van der Waals surface area contributed by atoms with Crippen LogP contribution in [0.3, 0.4) is 0 Å². The summed E-state index contributed by atoms with van der Waals surface area (Å²) in [4.78, 5) is 4.37. The first-order valence-electron chi connectivity index (χ1n) is 6.70. The molecule has 1 heterocycles. The Morgan fingerprint density at radius 1 is 1.30 bits per heavy atom. The monoisotopic (exact) mass is 271 g/mol. The standard InChI is InChI=1S/C15H17N3O2/c1-3-13(19-4-2)15-17-14(20-18-15)9-11-5-7-12(10-16)8-6-11/h5-8,13H,3-4,9H2,1-2H3. The zero-order valence-corrected chi connectivity index (χ0v) is 11.7. The van der Waals surface area contributed by atoms with Crippen LogP contribution in [-0.2, 0) is 11.2 Å². The van der Waals surface area contributed by atoms with Gasteiger partial charge in [0.05, 0.1) is 18.1 Å². The van der Waals surface area contributed by atoms with Gasteiger partial charge in [0.1, 0.15) is 6.10 Å². The summed E-state index contributed by atoms with van der Waals surface area (Å²) in [5.74, 6) is 1.15. The molecule has 0 amide bonds. The second-order valence-electron chi connectivity index (χ2n) is 4.38. The van der Waals surface area contributed by atoms with E-state index < -0.39 is 0 Å². The quantitative estimate of drug-likeness (QED) is 0.807. The van der Waals surface area contributed by atoms with E-state index in [1.165, 1.54) is 0 Å². The molecule has 1 unspecified atom stereocenters. The maximum atomic E-state index is 8.76. The topological polar surface area (TPSA) is 71.9 Å². The van der Waals surface area contributed by atoms with Crippen LogP contribution in [0.5, 0.6) is 0 Å². The highest BCUT2D eigenvalue weighted by Gasteiger charge is 2.16. The maximum Gasteiger partial charge on any atom is 0.231 e. The fraction of sp³-hybridized carbons (Fsp3) is 0.400. The van der Waals surface area contributed by atoms with Crippen LogP contribution >= 0.6 is 0 Å². The largest absolute Gasteiger partial charge is 0.370 e. The van der Waals surface area contributed by atoms with Crippen LogP contribution in [0.1, 0.15) is 49.2 Å². The highest BCUT2D eigenvalue weighted by molar-refractivity contribution is 5.32. The van der Waals surface area contributed by atoms with Crippen molar-refractivity contribution in [3.63, 3.8) is 0 Å². The van der Waals surface area contributed by atoms with Gasteiger partial charge < -0.3 is 9.26 Å². The first kappa shape index (κ1) is 14.2. The normalized spacial score (nSPS) is 12.1. The van der Waals surface area contributed by atoms with Gasteiger partial charge in [0.15, 0.2) is 0 Å². The van der Waals surface area contributed by atoms with Crippen LogP contribution < -0.4 is 0 Å². The lowest BCUT2D eigenvalue weighted by Gasteiger charge is -2.09. The summed E-state index contributed by atoms with van der Waals surface area (Å²) >= 11 is 0. The molecule has 2 aromatic rings. The molecule has 0 saturated heterocycles. The van der Waals surface area contributed by atoms with Crippen LogP contribution in [0.4, 0.5) is 0 Å². The molecule has 104 valence electrons. The molecular weight excluding hydrogens is 254 g/mol. The van der Waals surface area contributed by atoms with E-state index in [0.717, 1.165) is 12.0 Å². The van der Waals surface area contributed by atoms with E-state index >= 15 is 0 Å². The predicted molar refractivity (Wildman–Crippen MR) is 72.9 cm³/mol. The SMILES string of the molecule is CCOC(CC)c1noc(Cc2ccc(C#N)cc2)n1. The van der Waals surface area contributed by atoms with E-state index in [1.807, 2.05) is 26.0 Å². The van der Waals surface area contributed by atoms with Gasteiger partial charge in [0.2, 0.25) is 11.7 Å². The molecule has 0 aliphatic carbocycles. The van der Waals surface area contributed by atoms with E-state index in [2.05, 4.69) is 16.2 Å². The first-order valence-corrected chi connectivity index (χ1v) is 6.70. The Hall–Kier alpha value is -2.19. The molecule has 0 radical (unpaired) electrons. The summed E-state index contributed by atoms with van der Waals surface area (Å²) in [5, 5.41) is 12.7. The Labute approximate surface area is 118 Å². The third-order valence-corrected chi connectivity index (χ3v) is 2.95. The van der Waals surface area contributed by atoms with Crippen molar-refractivity contribution < 1.29 is 9.26 Å². The number of ether oxygens (including phenoxy) is 1. The Kier molecular flexibility index (Phi) is 4.85. The summed E-state index contributed by atoms with van der Waals surface area (Å²) in [5.41, 5.74) is 1.67. The molecule has 0 saturated carbocycles. The lowest BCUT2D eigenvalue weighted by atomic mass is 10.1. The minimum absolute atomic E-state index is 0.113. The summed E-state index contributed by atoms with van der Waals surface area (Å²) in [6.45, 7) is 4.59. The lowest BCUT2D eigenvalue weighted by molar-refractivity contribution is 0.0518. The molecule has 1 aromatic heterocycles. The van der Waals surface area contributed by atoms with Crippen LogP contribution in [0.15, 0.2) is 28.8 Å². The summed E-state index contributed by atoms with van der Waals surface area (Å²) in [6.07, 6.45) is 1.25. The van der Waals surface area contributed by atoms with E-state index in [4.69, 9.17) is 14.5 Å². The van der Waals surface area contributed by atoms with Crippen LogP contribution in [-0.4, -0.2) is 16.7 Å². The average molecular weight is 271 g/mol. The Bertz CT molecular complexity index is 584. The van der Waals surface area contributed by atoms with Crippen LogP contribution in [0.25, 0.3) is 0 Å². The van der Waals surface area contributed by atoms with Gasteiger partial charge in [-0.15, -0.1) is 0 Å². The number of benzene rings is 1. The van der Waals surface area contributed by atoms with Gasteiger partial charge in [0, 0.05) is 6.61 Å². The molecule has 5 nitrogen and oxygen atoms in total. The van der Waals surface area contributed by atoms with Crippen molar-refractivity contribution in [3.8, 4) is 6.07 Å². The molecular formula is C15H17N3O2. The lowest BCUT2D eigenvalue weighted by Crippen LogP contribution is -2.05. The zero-order valence-electron chi connectivity index (χ0n) is 11.7. The van der Waals surface area contributed by atoms with Crippen molar-refractivity contribution in [2.24, 2.45) is 0 Å².